The van der Waals surface area contributed by atoms with Gasteiger partial charge in [-0.1, -0.05) is 220 Å². The van der Waals surface area contributed by atoms with E-state index < -0.39 is 6.10 Å². The summed E-state index contributed by atoms with van der Waals surface area (Å²) in [6, 6.07) is 0. The SMILES string of the molecule is CCCCCCCCCCCCCCC(=O)OC[C@H](COC(=O)CCCCCCCCCCCCC)OC(=O)CCCCCCCCCCC(C)CC. The zero-order valence-corrected chi connectivity index (χ0v) is 36.0. The molecule has 0 aliphatic heterocycles. The molecular formula is C47H90O6. The Balaban J connectivity index is 4.34. The average Bonchev–Trinajstić information content (AvgIpc) is 3.15. The Hall–Kier alpha value is -1.59. The van der Waals surface area contributed by atoms with Gasteiger partial charge in [0.25, 0.3) is 0 Å². The molecule has 0 fully saturated rings. The molecule has 6 nitrogen and oxygen atoms in total. The number of carbonyl (C=O) groups excluding carboxylic acids is 3. The molecule has 0 N–H and O–H groups in total. The van der Waals surface area contributed by atoms with Gasteiger partial charge in [0, 0.05) is 19.3 Å². The van der Waals surface area contributed by atoms with E-state index in [1.54, 1.807) is 0 Å². The van der Waals surface area contributed by atoms with Crippen LogP contribution < -0.4 is 0 Å². The van der Waals surface area contributed by atoms with Crippen molar-refractivity contribution >= 4 is 17.9 Å². The standard InChI is InChI=1S/C47H90O6/c1-5-8-10-12-14-16-18-20-22-27-31-35-39-46(49)52-42-44(41-51-45(48)38-34-30-26-21-19-17-15-13-11-9-6-2)53-47(50)40-36-32-28-24-23-25-29-33-37-43(4)7-3/h43-44H,5-42H2,1-4H3/t43?,44-/m0/s1. The van der Waals surface area contributed by atoms with Crippen LogP contribution >= 0.6 is 0 Å². The van der Waals surface area contributed by atoms with Crippen LogP contribution in [0.3, 0.4) is 0 Å². The molecule has 0 saturated heterocycles. The highest BCUT2D eigenvalue weighted by Crippen LogP contribution is 2.17. The topological polar surface area (TPSA) is 78.9 Å². The van der Waals surface area contributed by atoms with Gasteiger partial charge in [0.05, 0.1) is 0 Å². The number of unbranched alkanes of at least 4 members (excludes halogenated alkanes) is 28. The van der Waals surface area contributed by atoms with Crippen LogP contribution in [0.1, 0.15) is 259 Å². The minimum atomic E-state index is -0.759. The summed E-state index contributed by atoms with van der Waals surface area (Å²) in [6.45, 7) is 9.00. The van der Waals surface area contributed by atoms with Crippen molar-refractivity contribution in [3.8, 4) is 0 Å². The molecule has 0 rings (SSSR count). The zero-order valence-electron chi connectivity index (χ0n) is 36.0. The Morgan fingerprint density at radius 1 is 0.377 bits per heavy atom. The lowest BCUT2D eigenvalue weighted by atomic mass is 9.99. The summed E-state index contributed by atoms with van der Waals surface area (Å²) in [7, 11) is 0. The minimum Gasteiger partial charge on any atom is -0.462 e. The fourth-order valence-electron chi connectivity index (χ4n) is 6.95. The molecule has 0 bridgehead atoms. The predicted molar refractivity (Wildman–Crippen MR) is 224 cm³/mol. The van der Waals surface area contributed by atoms with Crippen molar-refractivity contribution in [3.63, 3.8) is 0 Å². The zero-order chi connectivity index (χ0) is 38.9. The van der Waals surface area contributed by atoms with Crippen molar-refractivity contribution in [2.45, 2.75) is 265 Å². The van der Waals surface area contributed by atoms with Crippen molar-refractivity contribution in [1.29, 1.82) is 0 Å². The van der Waals surface area contributed by atoms with E-state index in [9.17, 15) is 14.4 Å². The fourth-order valence-corrected chi connectivity index (χ4v) is 6.95. The first-order valence-corrected chi connectivity index (χ1v) is 23.4. The molecule has 0 heterocycles. The van der Waals surface area contributed by atoms with Crippen LogP contribution in [0.4, 0.5) is 0 Å². The Morgan fingerprint density at radius 3 is 0.981 bits per heavy atom. The lowest BCUT2D eigenvalue weighted by Gasteiger charge is -2.18. The lowest BCUT2D eigenvalue weighted by molar-refractivity contribution is -0.167. The van der Waals surface area contributed by atoms with E-state index in [-0.39, 0.29) is 31.1 Å². The second-order valence-corrected chi connectivity index (χ2v) is 16.3. The normalized spacial score (nSPS) is 12.5. The van der Waals surface area contributed by atoms with Crippen LogP contribution in [0.2, 0.25) is 0 Å². The molecule has 314 valence electrons. The summed E-state index contributed by atoms with van der Waals surface area (Å²) >= 11 is 0. The number of rotatable bonds is 42. The molecule has 0 amide bonds. The van der Waals surface area contributed by atoms with Crippen LogP contribution in [0, 0.1) is 5.92 Å². The van der Waals surface area contributed by atoms with E-state index in [2.05, 4.69) is 27.7 Å². The highest BCUT2D eigenvalue weighted by atomic mass is 16.6. The van der Waals surface area contributed by atoms with Gasteiger partial charge in [-0.2, -0.15) is 0 Å². The Bertz CT molecular complexity index is 798. The van der Waals surface area contributed by atoms with Gasteiger partial charge in [-0.3, -0.25) is 14.4 Å². The van der Waals surface area contributed by atoms with Gasteiger partial charge >= 0.3 is 17.9 Å². The number of hydrogen-bond acceptors (Lipinski definition) is 6. The van der Waals surface area contributed by atoms with Crippen LogP contribution in [0.5, 0.6) is 0 Å². The van der Waals surface area contributed by atoms with Crippen LogP contribution in [-0.2, 0) is 28.6 Å². The van der Waals surface area contributed by atoms with Gasteiger partial charge in [0.1, 0.15) is 13.2 Å². The molecule has 0 radical (unpaired) electrons. The summed E-state index contributed by atoms with van der Waals surface area (Å²) in [5.74, 6) is -0.00912. The lowest BCUT2D eigenvalue weighted by Crippen LogP contribution is -2.30. The molecule has 6 heteroatoms. The fraction of sp³-hybridized carbons (Fsp3) is 0.936. The molecule has 1 unspecified atom stereocenters. The molecule has 0 aliphatic rings. The van der Waals surface area contributed by atoms with Gasteiger partial charge < -0.3 is 14.2 Å². The minimum absolute atomic E-state index is 0.0639. The largest absolute Gasteiger partial charge is 0.462 e. The van der Waals surface area contributed by atoms with Crippen molar-refractivity contribution in [1.82, 2.24) is 0 Å². The van der Waals surface area contributed by atoms with E-state index in [0.29, 0.717) is 19.3 Å². The van der Waals surface area contributed by atoms with E-state index in [1.807, 2.05) is 0 Å². The third-order valence-corrected chi connectivity index (χ3v) is 10.9. The molecule has 0 saturated carbocycles. The Labute approximate surface area is 329 Å². The number of hydrogen-bond donors (Lipinski definition) is 0. The highest BCUT2D eigenvalue weighted by molar-refractivity contribution is 5.71. The first-order valence-electron chi connectivity index (χ1n) is 23.4. The molecule has 0 aromatic rings. The van der Waals surface area contributed by atoms with Gasteiger partial charge in [0.15, 0.2) is 6.10 Å². The summed E-state index contributed by atoms with van der Waals surface area (Å²) in [6.07, 6.45) is 40.7. The van der Waals surface area contributed by atoms with Crippen molar-refractivity contribution in [3.05, 3.63) is 0 Å². The predicted octanol–water partition coefficient (Wildman–Crippen LogP) is 14.7. The quantitative estimate of drug-likeness (QED) is 0.0351. The third kappa shape index (κ3) is 39.9. The molecule has 53 heavy (non-hydrogen) atoms. The van der Waals surface area contributed by atoms with E-state index >= 15 is 0 Å². The smallest absolute Gasteiger partial charge is 0.306 e. The maximum atomic E-state index is 12.7. The molecule has 2 atom stereocenters. The summed E-state index contributed by atoms with van der Waals surface area (Å²) in [5, 5.41) is 0. The number of carbonyl (C=O) groups is 3. The third-order valence-electron chi connectivity index (χ3n) is 10.9. The van der Waals surface area contributed by atoms with E-state index in [1.165, 1.54) is 154 Å². The van der Waals surface area contributed by atoms with Crippen LogP contribution in [0.25, 0.3) is 0 Å². The van der Waals surface area contributed by atoms with Gasteiger partial charge in [0.2, 0.25) is 0 Å². The maximum Gasteiger partial charge on any atom is 0.306 e. The van der Waals surface area contributed by atoms with Crippen LogP contribution in [0.15, 0.2) is 0 Å². The van der Waals surface area contributed by atoms with Gasteiger partial charge in [-0.15, -0.1) is 0 Å². The molecular weight excluding hydrogens is 661 g/mol. The van der Waals surface area contributed by atoms with E-state index in [4.69, 9.17) is 14.2 Å². The Kier molecular flexibility index (Phi) is 40.3. The first-order chi connectivity index (χ1) is 25.9. The molecule has 0 aliphatic carbocycles. The average molecular weight is 751 g/mol. The molecule has 0 aromatic carbocycles. The van der Waals surface area contributed by atoms with Gasteiger partial charge in [-0.05, 0) is 25.2 Å². The summed E-state index contributed by atoms with van der Waals surface area (Å²) < 4.78 is 16.7. The first kappa shape index (κ1) is 51.4. The Morgan fingerprint density at radius 2 is 0.660 bits per heavy atom. The maximum absolute atomic E-state index is 12.7. The summed E-state index contributed by atoms with van der Waals surface area (Å²) in [5.41, 5.74) is 0. The molecule has 0 spiro atoms. The van der Waals surface area contributed by atoms with E-state index in [0.717, 1.165) is 63.7 Å². The summed E-state index contributed by atoms with van der Waals surface area (Å²) in [4.78, 5) is 37.7. The van der Waals surface area contributed by atoms with Crippen molar-refractivity contribution in [2.75, 3.05) is 13.2 Å². The monoisotopic (exact) mass is 751 g/mol. The van der Waals surface area contributed by atoms with Crippen molar-refractivity contribution in [2.24, 2.45) is 5.92 Å². The number of esters is 3. The van der Waals surface area contributed by atoms with Gasteiger partial charge in [-0.25, -0.2) is 0 Å². The number of ether oxygens (including phenoxy) is 3. The van der Waals surface area contributed by atoms with Crippen molar-refractivity contribution < 1.29 is 28.6 Å². The molecule has 0 aromatic heterocycles. The second kappa shape index (κ2) is 41.6. The van der Waals surface area contributed by atoms with Crippen LogP contribution in [-0.4, -0.2) is 37.2 Å². The highest BCUT2D eigenvalue weighted by Gasteiger charge is 2.19. The second-order valence-electron chi connectivity index (χ2n) is 16.3.